The molecule has 2 aromatic carbocycles. The molecule has 0 saturated carbocycles. The van der Waals surface area contributed by atoms with Crippen molar-refractivity contribution in [1.82, 2.24) is 0 Å². The first kappa shape index (κ1) is 12.9. The van der Waals surface area contributed by atoms with Gasteiger partial charge < -0.3 is 9.84 Å². The molecule has 0 aromatic heterocycles. The van der Waals surface area contributed by atoms with Gasteiger partial charge in [-0.05, 0) is 25.1 Å². The minimum atomic E-state index is -0.654. The summed E-state index contributed by atoms with van der Waals surface area (Å²) in [5.41, 5.74) is 0.646. The van der Waals surface area contributed by atoms with Gasteiger partial charge in [0.15, 0.2) is 0 Å². The number of hydrogen-bond donors (Lipinski definition) is 1. The molecule has 18 heavy (non-hydrogen) atoms. The van der Waals surface area contributed by atoms with Gasteiger partial charge in [0.25, 0.3) is 0 Å². The van der Waals surface area contributed by atoms with Gasteiger partial charge in [-0.1, -0.05) is 29.8 Å². The second kappa shape index (κ2) is 5.38. The molecule has 1 atom stereocenters. The number of rotatable bonds is 3. The molecule has 0 unspecified atom stereocenters. The van der Waals surface area contributed by atoms with Crippen molar-refractivity contribution in [3.8, 4) is 11.5 Å². The molecular weight excluding hydrogens is 255 g/mol. The second-order valence-electron chi connectivity index (χ2n) is 3.89. The first-order valence-corrected chi connectivity index (χ1v) is 5.85. The zero-order valence-corrected chi connectivity index (χ0v) is 10.5. The maximum atomic E-state index is 13.3. The summed E-state index contributed by atoms with van der Waals surface area (Å²) in [4.78, 5) is 0. The van der Waals surface area contributed by atoms with Gasteiger partial charge in [-0.25, -0.2) is 4.39 Å². The van der Waals surface area contributed by atoms with Crippen LogP contribution in [0.15, 0.2) is 42.5 Å². The summed E-state index contributed by atoms with van der Waals surface area (Å²) in [7, 11) is 0. The molecule has 1 N–H and O–H groups in total. The Labute approximate surface area is 110 Å². The lowest BCUT2D eigenvalue weighted by molar-refractivity contribution is 0.195. The molecule has 0 spiro atoms. The van der Waals surface area contributed by atoms with E-state index in [-0.39, 0.29) is 5.02 Å². The van der Waals surface area contributed by atoms with Gasteiger partial charge >= 0.3 is 0 Å². The van der Waals surface area contributed by atoms with E-state index < -0.39 is 11.9 Å². The van der Waals surface area contributed by atoms with E-state index in [1.165, 1.54) is 12.1 Å². The van der Waals surface area contributed by atoms with E-state index in [0.29, 0.717) is 17.1 Å². The van der Waals surface area contributed by atoms with Gasteiger partial charge in [-0.2, -0.15) is 0 Å². The predicted molar refractivity (Wildman–Crippen MR) is 68.6 cm³/mol. The zero-order chi connectivity index (χ0) is 13.1. The third-order valence-electron chi connectivity index (χ3n) is 2.49. The number of aliphatic hydroxyl groups is 1. The van der Waals surface area contributed by atoms with Crippen molar-refractivity contribution >= 4 is 11.6 Å². The molecule has 0 heterocycles. The summed E-state index contributed by atoms with van der Waals surface area (Å²) in [6, 6.07) is 11.3. The van der Waals surface area contributed by atoms with Crippen LogP contribution in [0.25, 0.3) is 0 Å². The molecule has 0 amide bonds. The standard InChI is InChI=1S/C14H12ClFO2/c1-9(17)11-4-2-3-5-14(11)18-10-6-7-12(15)13(16)8-10/h2-9,17H,1H3/t9-/m0/s1. The van der Waals surface area contributed by atoms with Gasteiger partial charge in [-0.15, -0.1) is 0 Å². The molecule has 0 aliphatic carbocycles. The first-order chi connectivity index (χ1) is 8.58. The van der Waals surface area contributed by atoms with Gasteiger partial charge in [0.1, 0.15) is 17.3 Å². The van der Waals surface area contributed by atoms with Crippen LogP contribution in [-0.2, 0) is 0 Å². The summed E-state index contributed by atoms with van der Waals surface area (Å²) in [5, 5.41) is 9.65. The van der Waals surface area contributed by atoms with Crippen LogP contribution in [0.3, 0.4) is 0 Å². The average molecular weight is 267 g/mol. The summed E-state index contributed by atoms with van der Waals surface area (Å²) in [6.45, 7) is 1.64. The second-order valence-corrected chi connectivity index (χ2v) is 4.30. The van der Waals surface area contributed by atoms with Gasteiger partial charge in [0.05, 0.1) is 11.1 Å². The van der Waals surface area contributed by atoms with Crippen molar-refractivity contribution in [2.45, 2.75) is 13.0 Å². The van der Waals surface area contributed by atoms with Crippen LogP contribution in [0.1, 0.15) is 18.6 Å². The molecular formula is C14H12ClFO2. The SMILES string of the molecule is C[C@H](O)c1ccccc1Oc1ccc(Cl)c(F)c1. The fraction of sp³-hybridized carbons (Fsp3) is 0.143. The lowest BCUT2D eigenvalue weighted by Crippen LogP contribution is -1.96. The average Bonchev–Trinajstić information content (AvgIpc) is 2.34. The van der Waals surface area contributed by atoms with E-state index >= 15 is 0 Å². The fourth-order valence-electron chi connectivity index (χ4n) is 1.59. The molecule has 0 saturated heterocycles. The van der Waals surface area contributed by atoms with Gasteiger partial charge in [0.2, 0.25) is 0 Å². The summed E-state index contributed by atoms with van der Waals surface area (Å²) < 4.78 is 18.8. The number of para-hydroxylation sites is 1. The number of ether oxygens (including phenoxy) is 1. The third-order valence-corrected chi connectivity index (χ3v) is 2.79. The number of benzene rings is 2. The monoisotopic (exact) mass is 266 g/mol. The van der Waals surface area contributed by atoms with Crippen LogP contribution in [0.2, 0.25) is 5.02 Å². The summed E-state index contributed by atoms with van der Waals surface area (Å²) >= 11 is 5.59. The van der Waals surface area contributed by atoms with Crippen LogP contribution < -0.4 is 4.74 Å². The highest BCUT2D eigenvalue weighted by Gasteiger charge is 2.10. The highest BCUT2D eigenvalue weighted by Crippen LogP contribution is 2.30. The van der Waals surface area contributed by atoms with Crippen molar-refractivity contribution in [3.05, 3.63) is 58.9 Å². The van der Waals surface area contributed by atoms with Crippen LogP contribution in [-0.4, -0.2) is 5.11 Å². The van der Waals surface area contributed by atoms with Gasteiger partial charge in [0, 0.05) is 11.6 Å². The van der Waals surface area contributed by atoms with Crippen LogP contribution in [0.5, 0.6) is 11.5 Å². The molecule has 0 aliphatic heterocycles. The Morgan fingerprint density at radius 3 is 2.61 bits per heavy atom. The maximum Gasteiger partial charge on any atom is 0.145 e. The molecule has 2 nitrogen and oxygen atoms in total. The van der Waals surface area contributed by atoms with E-state index in [9.17, 15) is 9.50 Å². The number of aliphatic hydroxyl groups excluding tert-OH is 1. The normalized spacial score (nSPS) is 12.2. The fourth-order valence-corrected chi connectivity index (χ4v) is 1.70. The Balaban J connectivity index is 2.31. The van der Waals surface area contributed by atoms with Crippen molar-refractivity contribution in [2.24, 2.45) is 0 Å². The van der Waals surface area contributed by atoms with Crippen molar-refractivity contribution < 1.29 is 14.2 Å². The Kier molecular flexibility index (Phi) is 3.84. The van der Waals surface area contributed by atoms with Crippen molar-refractivity contribution in [3.63, 3.8) is 0 Å². The highest BCUT2D eigenvalue weighted by molar-refractivity contribution is 6.30. The van der Waals surface area contributed by atoms with Gasteiger partial charge in [-0.3, -0.25) is 0 Å². The van der Waals surface area contributed by atoms with E-state index in [0.717, 1.165) is 0 Å². The third kappa shape index (κ3) is 2.81. The molecule has 2 aromatic rings. The Bertz CT molecular complexity index is 555. The van der Waals surface area contributed by atoms with E-state index in [1.54, 1.807) is 37.3 Å². The van der Waals surface area contributed by atoms with Crippen LogP contribution >= 0.6 is 11.6 Å². The quantitative estimate of drug-likeness (QED) is 0.896. The predicted octanol–water partition coefficient (Wildman–Crippen LogP) is 4.32. The molecule has 2 rings (SSSR count). The smallest absolute Gasteiger partial charge is 0.145 e. The van der Waals surface area contributed by atoms with Crippen molar-refractivity contribution in [1.29, 1.82) is 0 Å². The zero-order valence-electron chi connectivity index (χ0n) is 9.73. The van der Waals surface area contributed by atoms with Crippen molar-refractivity contribution in [2.75, 3.05) is 0 Å². The molecule has 0 fully saturated rings. The van der Waals surface area contributed by atoms with E-state index in [1.807, 2.05) is 0 Å². The Morgan fingerprint density at radius 2 is 1.94 bits per heavy atom. The number of hydrogen-bond acceptors (Lipinski definition) is 2. The largest absolute Gasteiger partial charge is 0.457 e. The molecule has 0 aliphatic rings. The van der Waals surface area contributed by atoms with Crippen LogP contribution in [0.4, 0.5) is 4.39 Å². The highest BCUT2D eigenvalue weighted by atomic mass is 35.5. The van der Waals surface area contributed by atoms with E-state index in [4.69, 9.17) is 16.3 Å². The van der Waals surface area contributed by atoms with E-state index in [2.05, 4.69) is 0 Å². The lowest BCUT2D eigenvalue weighted by atomic mass is 10.1. The minimum absolute atomic E-state index is 0.0474. The summed E-state index contributed by atoms with van der Waals surface area (Å²) in [5.74, 6) is 0.294. The molecule has 94 valence electrons. The minimum Gasteiger partial charge on any atom is -0.457 e. The molecule has 4 heteroatoms. The number of halogens is 2. The Hall–Kier alpha value is -1.58. The lowest BCUT2D eigenvalue weighted by Gasteiger charge is -2.13. The molecule has 0 bridgehead atoms. The first-order valence-electron chi connectivity index (χ1n) is 5.48. The molecule has 0 radical (unpaired) electrons. The maximum absolute atomic E-state index is 13.3. The topological polar surface area (TPSA) is 29.5 Å². The Morgan fingerprint density at radius 1 is 1.22 bits per heavy atom. The summed E-state index contributed by atoms with van der Waals surface area (Å²) in [6.07, 6.45) is -0.654. The van der Waals surface area contributed by atoms with Crippen LogP contribution in [0, 0.1) is 5.82 Å².